The molecule has 0 aliphatic heterocycles. The Morgan fingerprint density at radius 2 is 1.55 bits per heavy atom. The second kappa shape index (κ2) is 8.91. The Bertz CT molecular complexity index is 1570. The molecule has 0 unspecified atom stereocenters. The minimum absolute atomic E-state index is 0.0875. The van der Waals surface area contributed by atoms with Crippen molar-refractivity contribution in [1.82, 2.24) is 10.6 Å². The summed E-state index contributed by atoms with van der Waals surface area (Å²) in [6, 6.07) is 15.1. The summed E-state index contributed by atoms with van der Waals surface area (Å²) in [5.41, 5.74) is -0.738. The van der Waals surface area contributed by atoms with Crippen LogP contribution in [0.3, 0.4) is 0 Å². The molecule has 8 nitrogen and oxygen atoms in total. The van der Waals surface area contributed by atoms with Gasteiger partial charge < -0.3 is 15.1 Å². The number of fused-ring (bicyclic) bond motifs is 1. The summed E-state index contributed by atoms with van der Waals surface area (Å²) < 4.78 is 57.1. The summed E-state index contributed by atoms with van der Waals surface area (Å²) in [4.78, 5) is 26.6. The van der Waals surface area contributed by atoms with E-state index in [9.17, 15) is 32.0 Å². The zero-order valence-corrected chi connectivity index (χ0v) is 21.3. The van der Waals surface area contributed by atoms with Crippen LogP contribution < -0.4 is 10.6 Å². The summed E-state index contributed by atoms with van der Waals surface area (Å²) in [6.45, 7) is 0. The molecule has 3 aromatic rings. The van der Waals surface area contributed by atoms with Crippen molar-refractivity contribution in [3.8, 4) is 17.2 Å². The molecule has 5 rings (SSSR count). The number of amides is 2. The number of benzene rings is 2. The first-order valence-corrected chi connectivity index (χ1v) is 14.0. The Morgan fingerprint density at radius 3 is 2.13 bits per heavy atom. The van der Waals surface area contributed by atoms with E-state index in [-0.39, 0.29) is 23.5 Å². The number of nitrogens with one attached hydrogen (secondary N) is 2. The molecule has 0 radical (unpaired) electrons. The predicted molar refractivity (Wildman–Crippen MR) is 134 cm³/mol. The van der Waals surface area contributed by atoms with Crippen molar-refractivity contribution in [1.29, 1.82) is 5.26 Å². The van der Waals surface area contributed by atoms with Gasteiger partial charge in [-0.1, -0.05) is 24.3 Å². The zero-order chi connectivity index (χ0) is 27.3. The van der Waals surface area contributed by atoms with E-state index in [0.29, 0.717) is 23.8 Å². The quantitative estimate of drug-likeness (QED) is 0.477. The van der Waals surface area contributed by atoms with Gasteiger partial charge in [0, 0.05) is 24.5 Å². The minimum atomic E-state index is -3.33. The largest absolute Gasteiger partial charge is 0.451 e. The van der Waals surface area contributed by atoms with E-state index >= 15 is 0 Å². The van der Waals surface area contributed by atoms with Crippen LogP contribution in [0.15, 0.2) is 57.8 Å². The molecule has 2 aliphatic rings. The van der Waals surface area contributed by atoms with Gasteiger partial charge in [-0.25, -0.2) is 17.2 Å². The van der Waals surface area contributed by atoms with Gasteiger partial charge >= 0.3 is 0 Å². The summed E-state index contributed by atoms with van der Waals surface area (Å²) in [7, 11) is -3.33. The lowest BCUT2D eigenvalue weighted by atomic mass is 9.78. The maximum absolute atomic E-state index is 13.9. The highest BCUT2D eigenvalue weighted by molar-refractivity contribution is 7.90. The molecule has 2 saturated carbocycles. The summed E-state index contributed by atoms with van der Waals surface area (Å²) >= 11 is 0. The van der Waals surface area contributed by atoms with Gasteiger partial charge in [0.1, 0.15) is 16.7 Å². The van der Waals surface area contributed by atoms with E-state index in [0.717, 1.165) is 17.4 Å². The Labute approximate surface area is 217 Å². The molecule has 2 N–H and O–H groups in total. The van der Waals surface area contributed by atoms with Gasteiger partial charge in [0.15, 0.2) is 15.6 Å². The number of hydrogen-bond acceptors (Lipinski definition) is 6. The molecule has 0 spiro atoms. The van der Waals surface area contributed by atoms with Crippen LogP contribution in [0.25, 0.3) is 22.1 Å². The van der Waals surface area contributed by atoms with Crippen LogP contribution in [0.5, 0.6) is 0 Å². The van der Waals surface area contributed by atoms with Crippen molar-refractivity contribution < 1.29 is 31.2 Å². The average molecular weight is 542 g/mol. The maximum atomic E-state index is 13.9. The molecule has 198 valence electrons. The van der Waals surface area contributed by atoms with E-state index < -0.39 is 51.5 Å². The SMILES string of the molecule is CS(=O)(=O)c1ccc(-c2ccc3cc(C(=O)NC4(C(=O)NC5(C#N)CC5)CCC(F)(F)CC4)oc3c2)cc1. The first-order chi connectivity index (χ1) is 17.8. The average Bonchev–Trinajstić information content (AvgIpc) is 3.51. The number of nitriles is 1. The van der Waals surface area contributed by atoms with E-state index in [4.69, 9.17) is 4.42 Å². The standard InChI is InChI=1S/C27H25F2N3O5S/c1-38(35,36)20-6-4-17(5-7-20)18-2-3-19-15-22(37-21(19)14-18)23(33)31-26(10-12-27(28,29)13-11-26)24(34)32-25(16-30)8-9-25/h2-7,14-15H,8-13H2,1H3,(H,31,33)(H,32,34). The second-order valence-corrected chi connectivity index (χ2v) is 12.2. The van der Waals surface area contributed by atoms with Gasteiger partial charge in [-0.15, -0.1) is 0 Å². The van der Waals surface area contributed by atoms with Gasteiger partial charge in [-0.05, 0) is 61.1 Å². The molecule has 2 fully saturated rings. The van der Waals surface area contributed by atoms with Gasteiger partial charge in [0.05, 0.1) is 11.0 Å². The molecule has 2 aromatic carbocycles. The number of carbonyl (C=O) groups excluding carboxylic acids is 2. The molecular weight excluding hydrogens is 516 g/mol. The fourth-order valence-electron chi connectivity index (χ4n) is 4.67. The van der Waals surface area contributed by atoms with Gasteiger partial charge in [-0.2, -0.15) is 5.26 Å². The maximum Gasteiger partial charge on any atom is 0.287 e. The second-order valence-electron chi connectivity index (χ2n) is 10.2. The highest BCUT2D eigenvalue weighted by Gasteiger charge is 2.53. The van der Waals surface area contributed by atoms with Crippen LogP contribution in [-0.2, 0) is 14.6 Å². The van der Waals surface area contributed by atoms with Crippen LogP contribution in [0.2, 0.25) is 0 Å². The van der Waals surface area contributed by atoms with Crippen molar-refractivity contribution in [3.05, 3.63) is 54.3 Å². The molecular formula is C27H25F2N3O5S. The van der Waals surface area contributed by atoms with Crippen molar-refractivity contribution >= 4 is 32.6 Å². The van der Waals surface area contributed by atoms with Crippen LogP contribution in [0.4, 0.5) is 8.78 Å². The zero-order valence-electron chi connectivity index (χ0n) is 20.5. The summed E-state index contributed by atoms with van der Waals surface area (Å²) in [5, 5.41) is 15.3. The van der Waals surface area contributed by atoms with Crippen LogP contribution in [-0.4, -0.2) is 43.5 Å². The Kier molecular flexibility index (Phi) is 6.06. The smallest absolute Gasteiger partial charge is 0.287 e. The molecule has 0 saturated heterocycles. The fraction of sp³-hybridized carbons (Fsp3) is 0.370. The van der Waals surface area contributed by atoms with Crippen molar-refractivity contribution in [2.45, 2.75) is 60.4 Å². The lowest BCUT2D eigenvalue weighted by Gasteiger charge is -2.39. The Hall–Kier alpha value is -3.78. The van der Waals surface area contributed by atoms with Gasteiger partial charge in [0.2, 0.25) is 11.8 Å². The van der Waals surface area contributed by atoms with Gasteiger partial charge in [0.25, 0.3) is 5.91 Å². The number of halogens is 2. The van der Waals surface area contributed by atoms with E-state index in [2.05, 4.69) is 10.6 Å². The Balaban J connectivity index is 1.39. The molecule has 2 amide bonds. The molecule has 1 aromatic heterocycles. The molecule has 11 heteroatoms. The predicted octanol–water partition coefficient (Wildman–Crippen LogP) is 4.35. The third kappa shape index (κ3) is 5.00. The third-order valence-electron chi connectivity index (χ3n) is 7.30. The van der Waals surface area contributed by atoms with Crippen molar-refractivity contribution in [2.75, 3.05) is 6.26 Å². The molecule has 2 aliphatic carbocycles. The van der Waals surface area contributed by atoms with E-state index in [1.165, 1.54) is 18.2 Å². The minimum Gasteiger partial charge on any atom is -0.451 e. The van der Waals surface area contributed by atoms with Crippen molar-refractivity contribution in [3.63, 3.8) is 0 Å². The number of carbonyl (C=O) groups is 2. The van der Waals surface area contributed by atoms with E-state index in [1.54, 1.807) is 30.3 Å². The lowest BCUT2D eigenvalue weighted by molar-refractivity contribution is -0.133. The summed E-state index contributed by atoms with van der Waals surface area (Å²) in [6.07, 6.45) is 0.393. The number of rotatable bonds is 6. The van der Waals surface area contributed by atoms with Crippen LogP contribution in [0, 0.1) is 11.3 Å². The highest BCUT2D eigenvalue weighted by Crippen LogP contribution is 2.41. The molecule has 1 heterocycles. The van der Waals surface area contributed by atoms with Gasteiger partial charge in [-0.3, -0.25) is 9.59 Å². The molecule has 0 atom stereocenters. The first kappa shape index (κ1) is 25.9. The molecule has 0 bridgehead atoms. The summed E-state index contributed by atoms with van der Waals surface area (Å²) in [5.74, 6) is -4.38. The van der Waals surface area contributed by atoms with Crippen molar-refractivity contribution in [2.24, 2.45) is 0 Å². The fourth-order valence-corrected chi connectivity index (χ4v) is 5.30. The normalized spacial score (nSPS) is 19.3. The number of alkyl halides is 2. The number of hydrogen-bond donors (Lipinski definition) is 2. The topological polar surface area (TPSA) is 129 Å². The Morgan fingerprint density at radius 1 is 0.921 bits per heavy atom. The van der Waals surface area contributed by atoms with Crippen LogP contribution in [0.1, 0.15) is 49.1 Å². The molecule has 38 heavy (non-hydrogen) atoms. The first-order valence-electron chi connectivity index (χ1n) is 12.1. The van der Waals surface area contributed by atoms with Crippen LogP contribution >= 0.6 is 0 Å². The monoisotopic (exact) mass is 541 g/mol. The number of nitrogens with zero attached hydrogens (tertiary/aromatic N) is 1. The number of sulfone groups is 1. The third-order valence-corrected chi connectivity index (χ3v) is 8.43. The lowest BCUT2D eigenvalue weighted by Crippen LogP contribution is -2.62. The number of furan rings is 1. The van der Waals surface area contributed by atoms with E-state index in [1.807, 2.05) is 6.07 Å². The highest BCUT2D eigenvalue weighted by atomic mass is 32.2.